The molecule has 6 rings (SSSR count). The molecule has 1 aromatic rings. The summed E-state index contributed by atoms with van der Waals surface area (Å²) in [4.78, 5) is 26.5. The van der Waals surface area contributed by atoms with Crippen molar-refractivity contribution in [3.05, 3.63) is 60.2 Å². The van der Waals surface area contributed by atoms with Crippen LogP contribution < -0.4 is 0 Å². The molecule has 4 heteroatoms. The van der Waals surface area contributed by atoms with E-state index in [0.717, 1.165) is 63.4 Å². The molecule has 5 aliphatic carbocycles. The molecule has 0 bridgehead atoms. The van der Waals surface area contributed by atoms with Crippen molar-refractivity contribution in [3.63, 3.8) is 0 Å². The van der Waals surface area contributed by atoms with Crippen molar-refractivity contribution in [2.24, 2.45) is 50.2 Å². The summed E-state index contributed by atoms with van der Waals surface area (Å²) in [6, 6.07) is 10.1. The Labute approximate surface area is 266 Å². The fourth-order valence-electron chi connectivity index (χ4n) is 11.9. The number of carbonyl (C=O) groups is 2. The zero-order valence-corrected chi connectivity index (χ0v) is 28.5. The topological polar surface area (TPSA) is 52.6 Å². The monoisotopic (exact) mass is 600 g/mol. The minimum absolute atomic E-state index is 0.0295. The quantitative estimate of drug-likeness (QED) is 0.192. The van der Waals surface area contributed by atoms with Crippen molar-refractivity contribution in [2.75, 3.05) is 0 Å². The first kappa shape index (κ1) is 31.6. The lowest BCUT2D eigenvalue weighted by atomic mass is 9.33. The third kappa shape index (κ3) is 4.58. The van der Waals surface area contributed by atoms with E-state index in [1.165, 1.54) is 12.5 Å². The average Bonchev–Trinajstić information content (AvgIpc) is 2.98. The zero-order valence-electron chi connectivity index (χ0n) is 28.5. The molecule has 8 atom stereocenters. The summed E-state index contributed by atoms with van der Waals surface area (Å²) >= 11 is 0. The standard InChI is InChI=1S/C40H56O4/c1-9-33(41)44-32-18-19-37(6)30(36(32,4)5)17-20-39(8)31(37)16-15-28-29-25-35(2,3)21-23-40(29,24-22-38(28,39)7)34(42)43-26-27-13-11-10-12-14-27/h9-15,29-32H,1,16-26H2,2-8H3/t29-,30-,31+,32-,37-,38+,39+,40-/m0/s1. The molecule has 240 valence electrons. The van der Waals surface area contributed by atoms with Gasteiger partial charge in [0.15, 0.2) is 0 Å². The number of benzene rings is 1. The van der Waals surface area contributed by atoms with Crippen LogP contribution in [-0.4, -0.2) is 18.0 Å². The van der Waals surface area contributed by atoms with Gasteiger partial charge in [-0.1, -0.05) is 97.0 Å². The summed E-state index contributed by atoms with van der Waals surface area (Å²) in [5, 5.41) is 0. The third-order valence-corrected chi connectivity index (χ3v) is 14.6. The van der Waals surface area contributed by atoms with Gasteiger partial charge in [-0.25, -0.2) is 4.79 Å². The summed E-state index contributed by atoms with van der Waals surface area (Å²) in [5.41, 5.74) is 2.71. The van der Waals surface area contributed by atoms with E-state index < -0.39 is 5.41 Å². The molecule has 0 radical (unpaired) electrons. The van der Waals surface area contributed by atoms with E-state index in [4.69, 9.17) is 9.47 Å². The second-order valence-electron chi connectivity index (χ2n) is 17.4. The molecule has 0 unspecified atom stereocenters. The molecule has 4 fully saturated rings. The molecule has 0 aliphatic heterocycles. The van der Waals surface area contributed by atoms with Gasteiger partial charge in [0.1, 0.15) is 12.7 Å². The van der Waals surface area contributed by atoms with Crippen LogP contribution >= 0.6 is 0 Å². The highest BCUT2D eigenvalue weighted by Crippen LogP contribution is 2.76. The maximum atomic E-state index is 14.2. The molecular weight excluding hydrogens is 544 g/mol. The molecule has 0 amide bonds. The average molecular weight is 601 g/mol. The SMILES string of the molecule is C=CC(=O)O[C@H]1CC[C@]2(C)[C@H]3CC=C4[C@@H]5CC(C)(C)CC[C@]5(C(=O)OCc5ccccc5)CC[C@@]4(C)[C@]3(C)CC[C@H]2C1(C)C. The van der Waals surface area contributed by atoms with Crippen LogP contribution in [0.15, 0.2) is 54.6 Å². The fraction of sp³-hybridized carbons (Fsp3) is 0.700. The number of allylic oxidation sites excluding steroid dienone is 2. The van der Waals surface area contributed by atoms with E-state index in [1.54, 1.807) is 5.57 Å². The molecule has 1 aromatic carbocycles. The minimum Gasteiger partial charge on any atom is -0.460 e. The number of hydrogen-bond donors (Lipinski definition) is 0. The van der Waals surface area contributed by atoms with Gasteiger partial charge in [-0.15, -0.1) is 0 Å². The summed E-state index contributed by atoms with van der Waals surface area (Å²) in [7, 11) is 0. The molecule has 0 heterocycles. The first-order valence-corrected chi connectivity index (χ1v) is 17.4. The van der Waals surface area contributed by atoms with Crippen LogP contribution in [0.25, 0.3) is 0 Å². The number of ether oxygens (including phenoxy) is 2. The Balaban J connectivity index is 1.33. The van der Waals surface area contributed by atoms with Crippen molar-refractivity contribution < 1.29 is 19.1 Å². The first-order chi connectivity index (χ1) is 20.6. The van der Waals surface area contributed by atoms with E-state index in [0.29, 0.717) is 18.4 Å². The van der Waals surface area contributed by atoms with Gasteiger partial charge in [-0.05, 0) is 109 Å². The van der Waals surface area contributed by atoms with Gasteiger partial charge in [0.2, 0.25) is 0 Å². The Hall–Kier alpha value is -2.36. The second kappa shape index (κ2) is 10.6. The predicted molar refractivity (Wildman–Crippen MR) is 175 cm³/mol. The molecule has 0 N–H and O–H groups in total. The number of rotatable bonds is 5. The summed E-state index contributed by atoms with van der Waals surface area (Å²) in [6.45, 7) is 21.2. The Morgan fingerprint density at radius 3 is 2.30 bits per heavy atom. The van der Waals surface area contributed by atoms with Crippen molar-refractivity contribution >= 4 is 11.9 Å². The molecular formula is C40H56O4. The fourth-order valence-corrected chi connectivity index (χ4v) is 11.9. The van der Waals surface area contributed by atoms with Crippen LogP contribution in [0.5, 0.6) is 0 Å². The number of carbonyl (C=O) groups excluding carboxylic acids is 2. The minimum atomic E-state index is -0.422. The lowest BCUT2D eigenvalue weighted by Gasteiger charge is -2.71. The number of hydrogen-bond acceptors (Lipinski definition) is 4. The van der Waals surface area contributed by atoms with E-state index >= 15 is 0 Å². The van der Waals surface area contributed by atoms with E-state index in [1.807, 2.05) is 30.3 Å². The highest BCUT2D eigenvalue weighted by molar-refractivity contribution is 5.81. The Kier molecular flexibility index (Phi) is 7.61. The van der Waals surface area contributed by atoms with Crippen molar-refractivity contribution in [1.29, 1.82) is 0 Å². The van der Waals surface area contributed by atoms with Gasteiger partial charge >= 0.3 is 11.9 Å². The molecule has 0 saturated heterocycles. The van der Waals surface area contributed by atoms with Crippen LogP contribution in [0.2, 0.25) is 0 Å². The van der Waals surface area contributed by atoms with Crippen LogP contribution in [0.4, 0.5) is 0 Å². The first-order valence-electron chi connectivity index (χ1n) is 17.4. The van der Waals surface area contributed by atoms with Crippen LogP contribution in [0, 0.1) is 50.2 Å². The Morgan fingerprint density at radius 2 is 1.59 bits per heavy atom. The van der Waals surface area contributed by atoms with Gasteiger partial charge in [0.25, 0.3) is 0 Å². The summed E-state index contributed by atoms with van der Waals surface area (Å²) < 4.78 is 12.2. The van der Waals surface area contributed by atoms with Crippen molar-refractivity contribution in [3.8, 4) is 0 Å². The largest absolute Gasteiger partial charge is 0.460 e. The molecule has 4 saturated carbocycles. The highest BCUT2D eigenvalue weighted by Gasteiger charge is 2.69. The van der Waals surface area contributed by atoms with Crippen LogP contribution in [0.3, 0.4) is 0 Å². The van der Waals surface area contributed by atoms with Crippen LogP contribution in [-0.2, 0) is 25.7 Å². The molecule has 0 aromatic heterocycles. The molecule has 44 heavy (non-hydrogen) atoms. The van der Waals surface area contributed by atoms with Crippen molar-refractivity contribution in [2.45, 2.75) is 125 Å². The Bertz CT molecular complexity index is 1340. The summed E-state index contributed by atoms with van der Waals surface area (Å²) in [5.74, 6) is 1.02. The van der Waals surface area contributed by atoms with Gasteiger partial charge in [-0.3, -0.25) is 4.79 Å². The second-order valence-corrected chi connectivity index (χ2v) is 17.4. The van der Waals surface area contributed by atoms with Gasteiger partial charge in [0, 0.05) is 11.5 Å². The third-order valence-electron chi connectivity index (χ3n) is 14.6. The number of esters is 2. The molecule has 0 spiro atoms. The maximum Gasteiger partial charge on any atom is 0.330 e. The number of fused-ring (bicyclic) bond motifs is 7. The lowest BCUT2D eigenvalue weighted by Crippen LogP contribution is -2.65. The summed E-state index contributed by atoms with van der Waals surface area (Å²) in [6.07, 6.45) is 14.3. The predicted octanol–water partition coefficient (Wildman–Crippen LogP) is 9.63. The van der Waals surface area contributed by atoms with E-state index in [9.17, 15) is 9.59 Å². The van der Waals surface area contributed by atoms with E-state index in [2.05, 4.69) is 61.1 Å². The molecule has 4 nitrogen and oxygen atoms in total. The normalized spacial score (nSPS) is 41.8. The van der Waals surface area contributed by atoms with Crippen molar-refractivity contribution in [1.82, 2.24) is 0 Å². The van der Waals surface area contributed by atoms with E-state index in [-0.39, 0.29) is 51.0 Å². The molecule has 5 aliphatic rings. The lowest BCUT2D eigenvalue weighted by molar-refractivity contribution is -0.213. The van der Waals surface area contributed by atoms with Gasteiger partial charge in [-0.2, -0.15) is 0 Å². The van der Waals surface area contributed by atoms with Gasteiger partial charge < -0.3 is 9.47 Å². The maximum absolute atomic E-state index is 14.2. The smallest absolute Gasteiger partial charge is 0.330 e. The Morgan fingerprint density at radius 1 is 0.886 bits per heavy atom. The zero-order chi connectivity index (χ0) is 31.8. The van der Waals surface area contributed by atoms with Gasteiger partial charge in [0.05, 0.1) is 5.41 Å². The van der Waals surface area contributed by atoms with Crippen LogP contribution in [0.1, 0.15) is 118 Å². The highest BCUT2D eigenvalue weighted by atomic mass is 16.5.